The van der Waals surface area contributed by atoms with Crippen molar-refractivity contribution in [1.29, 1.82) is 0 Å². The highest BCUT2D eigenvalue weighted by Gasteiger charge is 2.04. The van der Waals surface area contributed by atoms with E-state index in [0.29, 0.717) is 24.7 Å². The van der Waals surface area contributed by atoms with Gasteiger partial charge in [0.05, 0.1) is 6.61 Å². The summed E-state index contributed by atoms with van der Waals surface area (Å²) < 4.78 is 0. The first-order chi connectivity index (χ1) is 10.7. The van der Waals surface area contributed by atoms with E-state index in [4.69, 9.17) is 11.6 Å². The van der Waals surface area contributed by atoms with Crippen LogP contribution in [0.2, 0.25) is 5.15 Å². The van der Waals surface area contributed by atoms with Crippen molar-refractivity contribution in [3.63, 3.8) is 0 Å². The largest absolute Gasteiger partial charge is 0.392 e. The standard InChI is InChI=1S/C16H18ClN3O2/c17-15-6-5-12(9-19-15)7-8-18-16(22)20-10-13-3-1-2-4-14(13)11-21/h1-6,9,21H,7-8,10-11H2,(H2,18,20,22). The fraction of sp³-hybridized carbons (Fsp3) is 0.250. The number of nitrogens with one attached hydrogen (secondary N) is 2. The van der Waals surface area contributed by atoms with Gasteiger partial charge < -0.3 is 15.7 Å². The summed E-state index contributed by atoms with van der Waals surface area (Å²) in [4.78, 5) is 15.7. The van der Waals surface area contributed by atoms with Crippen molar-refractivity contribution in [1.82, 2.24) is 15.6 Å². The van der Waals surface area contributed by atoms with Gasteiger partial charge in [0.25, 0.3) is 0 Å². The van der Waals surface area contributed by atoms with Gasteiger partial charge in [0, 0.05) is 19.3 Å². The van der Waals surface area contributed by atoms with Gasteiger partial charge >= 0.3 is 6.03 Å². The summed E-state index contributed by atoms with van der Waals surface area (Å²) in [5.74, 6) is 0. The van der Waals surface area contributed by atoms with Crippen molar-refractivity contribution >= 4 is 17.6 Å². The first-order valence-electron chi connectivity index (χ1n) is 6.99. The van der Waals surface area contributed by atoms with Gasteiger partial charge in [-0.05, 0) is 29.2 Å². The number of carbonyl (C=O) groups is 1. The Morgan fingerprint density at radius 1 is 1.14 bits per heavy atom. The van der Waals surface area contributed by atoms with Gasteiger partial charge in [-0.3, -0.25) is 0 Å². The molecule has 1 aromatic heterocycles. The zero-order valence-electron chi connectivity index (χ0n) is 12.1. The molecule has 116 valence electrons. The Hall–Kier alpha value is -2.11. The molecule has 5 nitrogen and oxygen atoms in total. The summed E-state index contributed by atoms with van der Waals surface area (Å²) in [7, 11) is 0. The maximum Gasteiger partial charge on any atom is 0.315 e. The SMILES string of the molecule is O=C(NCCc1ccc(Cl)nc1)NCc1ccccc1CO. The van der Waals surface area contributed by atoms with Gasteiger partial charge in [0.2, 0.25) is 0 Å². The Morgan fingerprint density at radius 3 is 2.59 bits per heavy atom. The normalized spacial score (nSPS) is 10.3. The molecule has 0 aliphatic heterocycles. The van der Waals surface area contributed by atoms with Gasteiger partial charge in [0.1, 0.15) is 5.15 Å². The van der Waals surface area contributed by atoms with Crippen LogP contribution < -0.4 is 10.6 Å². The van der Waals surface area contributed by atoms with Gasteiger partial charge in [-0.2, -0.15) is 0 Å². The van der Waals surface area contributed by atoms with Crippen LogP contribution in [0.4, 0.5) is 4.79 Å². The van der Waals surface area contributed by atoms with E-state index in [1.807, 2.05) is 30.3 Å². The van der Waals surface area contributed by atoms with Gasteiger partial charge in [0.15, 0.2) is 0 Å². The van der Waals surface area contributed by atoms with Crippen LogP contribution in [0, 0.1) is 0 Å². The van der Waals surface area contributed by atoms with Crippen LogP contribution in [-0.4, -0.2) is 22.7 Å². The third kappa shape index (κ3) is 5.02. The molecule has 0 fully saturated rings. The highest BCUT2D eigenvalue weighted by Crippen LogP contribution is 2.08. The van der Waals surface area contributed by atoms with Gasteiger partial charge in [-0.15, -0.1) is 0 Å². The molecule has 0 spiro atoms. The number of nitrogens with zero attached hydrogens (tertiary/aromatic N) is 1. The molecule has 22 heavy (non-hydrogen) atoms. The number of halogens is 1. The van der Waals surface area contributed by atoms with E-state index < -0.39 is 0 Å². The molecule has 1 aromatic carbocycles. The number of aromatic nitrogens is 1. The average molecular weight is 320 g/mol. The van der Waals surface area contributed by atoms with Crippen LogP contribution in [0.15, 0.2) is 42.6 Å². The van der Waals surface area contributed by atoms with Crippen LogP contribution in [-0.2, 0) is 19.6 Å². The van der Waals surface area contributed by atoms with Crippen LogP contribution in [0.25, 0.3) is 0 Å². The van der Waals surface area contributed by atoms with Crippen LogP contribution in [0.1, 0.15) is 16.7 Å². The van der Waals surface area contributed by atoms with E-state index in [1.165, 1.54) is 0 Å². The molecule has 0 radical (unpaired) electrons. The second-order valence-corrected chi connectivity index (χ2v) is 5.16. The molecule has 0 bridgehead atoms. The zero-order valence-corrected chi connectivity index (χ0v) is 12.8. The number of amides is 2. The minimum atomic E-state index is -0.241. The molecular formula is C16H18ClN3O2. The lowest BCUT2D eigenvalue weighted by molar-refractivity contribution is 0.240. The number of pyridine rings is 1. The quantitative estimate of drug-likeness (QED) is 0.715. The Morgan fingerprint density at radius 2 is 1.91 bits per heavy atom. The fourth-order valence-corrected chi connectivity index (χ4v) is 2.11. The number of hydrogen-bond donors (Lipinski definition) is 3. The lowest BCUT2D eigenvalue weighted by Gasteiger charge is -2.10. The minimum Gasteiger partial charge on any atom is -0.392 e. The van der Waals surface area contributed by atoms with Crippen LogP contribution in [0.3, 0.4) is 0 Å². The molecule has 3 N–H and O–H groups in total. The summed E-state index contributed by atoms with van der Waals surface area (Å²) >= 11 is 5.71. The highest BCUT2D eigenvalue weighted by molar-refractivity contribution is 6.29. The number of aliphatic hydroxyl groups excluding tert-OH is 1. The first kappa shape index (κ1) is 16.3. The Labute approximate surface area is 134 Å². The fourth-order valence-electron chi connectivity index (χ4n) is 2.00. The molecule has 2 rings (SSSR count). The Bertz CT molecular complexity index is 617. The number of carbonyl (C=O) groups excluding carboxylic acids is 1. The third-order valence-corrected chi connectivity index (χ3v) is 3.44. The molecule has 0 saturated carbocycles. The van der Waals surface area contributed by atoms with E-state index in [1.54, 1.807) is 12.3 Å². The summed E-state index contributed by atoms with van der Waals surface area (Å²) in [6.07, 6.45) is 2.38. The van der Waals surface area contributed by atoms with Crippen molar-refractivity contribution in [2.75, 3.05) is 6.54 Å². The number of hydrogen-bond acceptors (Lipinski definition) is 3. The molecule has 2 amide bonds. The van der Waals surface area contributed by atoms with Crippen molar-refractivity contribution in [2.45, 2.75) is 19.6 Å². The molecule has 1 heterocycles. The second-order valence-electron chi connectivity index (χ2n) is 4.78. The molecule has 0 saturated heterocycles. The van der Waals surface area contributed by atoms with E-state index >= 15 is 0 Å². The smallest absolute Gasteiger partial charge is 0.315 e. The Balaban J connectivity index is 1.73. The third-order valence-electron chi connectivity index (χ3n) is 3.22. The summed E-state index contributed by atoms with van der Waals surface area (Å²) in [5, 5.41) is 15.2. The van der Waals surface area contributed by atoms with Gasteiger partial charge in [-0.25, -0.2) is 9.78 Å². The van der Waals surface area contributed by atoms with E-state index in [-0.39, 0.29) is 12.6 Å². The van der Waals surface area contributed by atoms with Crippen molar-refractivity contribution in [2.24, 2.45) is 0 Å². The molecule has 0 atom stereocenters. The molecule has 2 aromatic rings. The maximum absolute atomic E-state index is 11.7. The lowest BCUT2D eigenvalue weighted by atomic mass is 10.1. The number of aliphatic hydroxyl groups is 1. The van der Waals surface area contributed by atoms with E-state index in [2.05, 4.69) is 15.6 Å². The van der Waals surface area contributed by atoms with Crippen LogP contribution in [0.5, 0.6) is 0 Å². The van der Waals surface area contributed by atoms with Crippen molar-refractivity contribution in [3.05, 3.63) is 64.4 Å². The Kier molecular flexibility index (Phi) is 6.18. The van der Waals surface area contributed by atoms with Crippen LogP contribution >= 0.6 is 11.6 Å². The molecular weight excluding hydrogens is 302 g/mol. The van der Waals surface area contributed by atoms with Crippen molar-refractivity contribution < 1.29 is 9.90 Å². The van der Waals surface area contributed by atoms with Crippen molar-refractivity contribution in [3.8, 4) is 0 Å². The monoisotopic (exact) mass is 319 g/mol. The number of rotatable bonds is 6. The minimum absolute atomic E-state index is 0.0387. The summed E-state index contributed by atoms with van der Waals surface area (Å²) in [5.41, 5.74) is 2.73. The lowest BCUT2D eigenvalue weighted by Crippen LogP contribution is -2.36. The van der Waals surface area contributed by atoms with Gasteiger partial charge in [-0.1, -0.05) is 41.9 Å². The van der Waals surface area contributed by atoms with E-state index in [9.17, 15) is 9.90 Å². The predicted octanol–water partition coefficient (Wildman–Crippen LogP) is 2.27. The summed E-state index contributed by atoms with van der Waals surface area (Å²) in [6.45, 7) is 0.852. The topological polar surface area (TPSA) is 74.2 Å². The predicted molar refractivity (Wildman–Crippen MR) is 85.6 cm³/mol. The highest BCUT2D eigenvalue weighted by atomic mass is 35.5. The molecule has 6 heteroatoms. The molecule has 0 aliphatic rings. The summed E-state index contributed by atoms with van der Waals surface area (Å²) in [6, 6.07) is 10.8. The number of urea groups is 1. The molecule has 0 aliphatic carbocycles. The number of benzene rings is 1. The molecule has 0 unspecified atom stereocenters. The average Bonchev–Trinajstić information content (AvgIpc) is 2.55. The zero-order chi connectivity index (χ0) is 15.8. The first-order valence-corrected chi connectivity index (χ1v) is 7.36. The maximum atomic E-state index is 11.7. The second kappa shape index (κ2) is 8.36. The van der Waals surface area contributed by atoms with E-state index in [0.717, 1.165) is 16.7 Å².